The Morgan fingerprint density at radius 2 is 1.80 bits per heavy atom. The van der Waals surface area contributed by atoms with E-state index < -0.39 is 0 Å². The van der Waals surface area contributed by atoms with E-state index in [-0.39, 0.29) is 18.1 Å². The summed E-state index contributed by atoms with van der Waals surface area (Å²) in [6, 6.07) is 0.294. The molecule has 0 spiro atoms. The largest absolute Gasteiger partial charge is 0.396 e. The summed E-state index contributed by atoms with van der Waals surface area (Å²) in [5.41, 5.74) is 5.80. The lowest BCUT2D eigenvalue weighted by Gasteiger charge is -2.36. The van der Waals surface area contributed by atoms with Crippen LogP contribution in [0.2, 0.25) is 0 Å². The second-order valence-electron chi connectivity index (χ2n) is 5.46. The molecule has 3 unspecified atom stereocenters. The van der Waals surface area contributed by atoms with Gasteiger partial charge < -0.3 is 16.2 Å². The van der Waals surface area contributed by atoms with E-state index >= 15 is 0 Å². The Kier molecular flexibility index (Phi) is 6.41. The fourth-order valence-corrected chi connectivity index (χ4v) is 1.95. The lowest BCUT2D eigenvalue weighted by atomic mass is 9.88. The predicted octanol–water partition coefficient (Wildman–Crippen LogP) is 1.36. The van der Waals surface area contributed by atoms with E-state index in [1.165, 1.54) is 0 Å². The van der Waals surface area contributed by atoms with Gasteiger partial charge in [-0.25, -0.2) is 0 Å². The van der Waals surface area contributed by atoms with Crippen LogP contribution in [0.25, 0.3) is 0 Å². The van der Waals surface area contributed by atoms with Gasteiger partial charge in [0, 0.05) is 24.7 Å². The van der Waals surface area contributed by atoms with Crippen molar-refractivity contribution in [3.8, 4) is 0 Å². The van der Waals surface area contributed by atoms with Crippen molar-refractivity contribution in [2.75, 3.05) is 13.2 Å². The summed E-state index contributed by atoms with van der Waals surface area (Å²) < 4.78 is 0. The number of aliphatic hydroxyl groups is 1. The molecule has 92 valence electrons. The first-order valence-electron chi connectivity index (χ1n) is 5.93. The number of aliphatic hydroxyl groups excluding tert-OH is 1. The molecule has 0 aromatic carbocycles. The molecule has 0 rings (SSSR count). The first-order chi connectivity index (χ1) is 6.84. The Bertz CT molecular complexity index is 173. The summed E-state index contributed by atoms with van der Waals surface area (Å²) in [6.07, 6.45) is 1.06. The lowest BCUT2D eigenvalue weighted by Crippen LogP contribution is -2.54. The quantitative estimate of drug-likeness (QED) is 0.602. The molecule has 0 bridgehead atoms. The summed E-state index contributed by atoms with van der Waals surface area (Å²) in [6.45, 7) is 11.6. The average molecular weight is 216 g/mol. The van der Waals surface area contributed by atoms with Crippen LogP contribution in [0.3, 0.4) is 0 Å². The molecule has 0 amide bonds. The number of nitrogens with one attached hydrogen (secondary N) is 1. The maximum Gasteiger partial charge on any atom is 0.0471 e. The van der Waals surface area contributed by atoms with Gasteiger partial charge in [0.15, 0.2) is 0 Å². The molecule has 3 atom stereocenters. The second-order valence-corrected chi connectivity index (χ2v) is 5.46. The van der Waals surface area contributed by atoms with E-state index in [1.54, 1.807) is 0 Å². The predicted molar refractivity (Wildman–Crippen MR) is 65.8 cm³/mol. The van der Waals surface area contributed by atoms with E-state index in [0.717, 1.165) is 6.42 Å². The maximum atomic E-state index is 9.09. The smallest absolute Gasteiger partial charge is 0.0471 e. The summed E-state index contributed by atoms with van der Waals surface area (Å²) in [5, 5.41) is 12.6. The minimum absolute atomic E-state index is 0.0169. The maximum absolute atomic E-state index is 9.09. The zero-order valence-corrected chi connectivity index (χ0v) is 10.9. The van der Waals surface area contributed by atoms with Crippen molar-refractivity contribution in [2.24, 2.45) is 17.6 Å². The van der Waals surface area contributed by atoms with Crippen molar-refractivity contribution in [1.29, 1.82) is 0 Å². The Labute approximate surface area is 94.4 Å². The van der Waals surface area contributed by atoms with Crippen LogP contribution in [0.5, 0.6) is 0 Å². The van der Waals surface area contributed by atoms with E-state index in [2.05, 4.69) is 33.0 Å². The molecule has 0 aliphatic carbocycles. The van der Waals surface area contributed by atoms with Crippen molar-refractivity contribution in [3.63, 3.8) is 0 Å². The molecule has 0 radical (unpaired) electrons. The minimum Gasteiger partial charge on any atom is -0.396 e. The first kappa shape index (κ1) is 14.9. The van der Waals surface area contributed by atoms with E-state index in [9.17, 15) is 0 Å². The number of hydrogen-bond acceptors (Lipinski definition) is 3. The molecule has 0 saturated heterocycles. The van der Waals surface area contributed by atoms with Gasteiger partial charge in [0.25, 0.3) is 0 Å². The highest BCUT2D eigenvalue weighted by atomic mass is 16.3. The molecule has 4 N–H and O–H groups in total. The van der Waals surface area contributed by atoms with Gasteiger partial charge in [-0.05, 0) is 32.1 Å². The van der Waals surface area contributed by atoms with Gasteiger partial charge in [-0.2, -0.15) is 0 Å². The van der Waals surface area contributed by atoms with Crippen LogP contribution in [0, 0.1) is 11.8 Å². The minimum atomic E-state index is -0.0169. The standard InChI is InChI=1S/C12H28N2O/c1-9(2)6-12(5,8-13)14-11(4)10(3)7-15/h9-11,14-15H,6-8,13H2,1-5H3. The van der Waals surface area contributed by atoms with Gasteiger partial charge in [0.2, 0.25) is 0 Å². The molecule has 0 fully saturated rings. The summed E-state index contributed by atoms with van der Waals surface area (Å²) in [4.78, 5) is 0. The van der Waals surface area contributed by atoms with Crippen molar-refractivity contribution in [1.82, 2.24) is 5.32 Å². The first-order valence-corrected chi connectivity index (χ1v) is 5.93. The molecule has 3 heteroatoms. The van der Waals surface area contributed by atoms with E-state index in [0.29, 0.717) is 18.5 Å². The lowest BCUT2D eigenvalue weighted by molar-refractivity contribution is 0.176. The van der Waals surface area contributed by atoms with Crippen LogP contribution in [0.15, 0.2) is 0 Å². The fraction of sp³-hybridized carbons (Fsp3) is 1.00. The van der Waals surface area contributed by atoms with Crippen molar-refractivity contribution < 1.29 is 5.11 Å². The highest BCUT2D eigenvalue weighted by Gasteiger charge is 2.26. The number of hydrogen-bond donors (Lipinski definition) is 3. The second kappa shape index (κ2) is 6.46. The normalized spacial score (nSPS) is 20.0. The highest BCUT2D eigenvalue weighted by Crippen LogP contribution is 2.17. The molecule has 0 aromatic rings. The van der Waals surface area contributed by atoms with Crippen molar-refractivity contribution >= 4 is 0 Å². The highest BCUT2D eigenvalue weighted by molar-refractivity contribution is 4.88. The molecule has 0 aromatic heterocycles. The van der Waals surface area contributed by atoms with Gasteiger partial charge in [-0.15, -0.1) is 0 Å². The van der Waals surface area contributed by atoms with E-state index in [4.69, 9.17) is 10.8 Å². The average Bonchev–Trinajstić information content (AvgIpc) is 2.15. The SMILES string of the molecule is CC(C)CC(C)(CN)NC(C)C(C)CO. The van der Waals surface area contributed by atoms with Crippen LogP contribution in [-0.2, 0) is 0 Å². The Morgan fingerprint density at radius 3 is 2.13 bits per heavy atom. The number of nitrogens with two attached hydrogens (primary N) is 1. The van der Waals surface area contributed by atoms with Gasteiger partial charge >= 0.3 is 0 Å². The van der Waals surface area contributed by atoms with Gasteiger partial charge in [0.1, 0.15) is 0 Å². The van der Waals surface area contributed by atoms with Crippen LogP contribution in [0.4, 0.5) is 0 Å². The number of rotatable bonds is 7. The topological polar surface area (TPSA) is 58.3 Å². The monoisotopic (exact) mass is 216 g/mol. The molecule has 0 heterocycles. The molecule has 0 aliphatic heterocycles. The van der Waals surface area contributed by atoms with Crippen molar-refractivity contribution in [2.45, 2.75) is 52.6 Å². The molecule has 3 nitrogen and oxygen atoms in total. The van der Waals surface area contributed by atoms with Crippen LogP contribution in [-0.4, -0.2) is 29.8 Å². The Morgan fingerprint density at radius 1 is 1.27 bits per heavy atom. The summed E-state index contributed by atoms with van der Waals surface area (Å²) in [7, 11) is 0. The Hall–Kier alpha value is -0.120. The van der Waals surface area contributed by atoms with Gasteiger partial charge in [0.05, 0.1) is 0 Å². The third-order valence-corrected chi connectivity index (χ3v) is 3.03. The zero-order valence-electron chi connectivity index (χ0n) is 10.9. The summed E-state index contributed by atoms with van der Waals surface area (Å²) in [5.74, 6) is 0.894. The molecule has 0 aliphatic rings. The third-order valence-electron chi connectivity index (χ3n) is 3.03. The van der Waals surface area contributed by atoms with Crippen LogP contribution >= 0.6 is 0 Å². The zero-order chi connectivity index (χ0) is 12.1. The molecular formula is C12H28N2O. The van der Waals surface area contributed by atoms with E-state index in [1.807, 2.05) is 6.92 Å². The fourth-order valence-electron chi connectivity index (χ4n) is 1.95. The molecule has 0 saturated carbocycles. The third kappa shape index (κ3) is 5.50. The Balaban J connectivity index is 4.29. The van der Waals surface area contributed by atoms with Crippen LogP contribution < -0.4 is 11.1 Å². The van der Waals surface area contributed by atoms with Crippen LogP contribution in [0.1, 0.15) is 41.0 Å². The van der Waals surface area contributed by atoms with Gasteiger partial charge in [-0.3, -0.25) is 0 Å². The van der Waals surface area contributed by atoms with Gasteiger partial charge in [-0.1, -0.05) is 20.8 Å². The van der Waals surface area contributed by atoms with Crippen molar-refractivity contribution in [3.05, 3.63) is 0 Å². The molecular weight excluding hydrogens is 188 g/mol. The summed E-state index contributed by atoms with van der Waals surface area (Å²) >= 11 is 0. The molecule has 15 heavy (non-hydrogen) atoms.